The highest BCUT2D eigenvalue weighted by atomic mass is 32.2. The van der Waals surface area contributed by atoms with E-state index in [1.807, 2.05) is 0 Å². The maximum Gasteiger partial charge on any atom is 0.416 e. The fraction of sp³-hybridized carbons (Fsp3) is 0.200. The molecule has 2 aromatic carbocycles. The second kappa shape index (κ2) is 8.06. The van der Waals surface area contributed by atoms with Crippen molar-refractivity contribution in [3.05, 3.63) is 65.9 Å². The summed E-state index contributed by atoms with van der Waals surface area (Å²) in [5, 5.41) is 0.433. The van der Waals surface area contributed by atoms with Crippen LogP contribution in [-0.4, -0.2) is 44.8 Å². The van der Waals surface area contributed by atoms with Crippen LogP contribution in [0.1, 0.15) is 20.7 Å². The van der Waals surface area contributed by atoms with Gasteiger partial charge in [-0.15, -0.1) is 0 Å². The van der Waals surface area contributed by atoms with Crippen molar-refractivity contribution in [3.63, 3.8) is 0 Å². The molecular formula is C20H17F3N2O5S. The number of carbonyl (C=O) groups excluding carboxylic acids is 2. The summed E-state index contributed by atoms with van der Waals surface area (Å²) >= 11 is 0. The van der Waals surface area contributed by atoms with E-state index in [0.29, 0.717) is 15.2 Å². The minimum atomic E-state index is -4.58. The Morgan fingerprint density at radius 2 is 1.68 bits per heavy atom. The predicted octanol–water partition coefficient (Wildman–Crippen LogP) is 3.55. The average molecular weight is 454 g/mol. The molecule has 0 unspecified atom stereocenters. The summed E-state index contributed by atoms with van der Waals surface area (Å²) in [5.74, 6) is -1.39. The zero-order valence-electron chi connectivity index (χ0n) is 16.4. The molecule has 0 spiro atoms. The van der Waals surface area contributed by atoms with Crippen LogP contribution in [0.5, 0.6) is 0 Å². The van der Waals surface area contributed by atoms with Crippen molar-refractivity contribution in [2.45, 2.75) is 6.18 Å². The van der Waals surface area contributed by atoms with Crippen LogP contribution in [-0.2, 0) is 20.9 Å². The molecule has 164 valence electrons. The Kier molecular flexibility index (Phi) is 5.81. The van der Waals surface area contributed by atoms with Crippen LogP contribution in [0.25, 0.3) is 10.9 Å². The third-order valence-electron chi connectivity index (χ3n) is 4.55. The Balaban J connectivity index is 2.01. The lowest BCUT2D eigenvalue weighted by molar-refractivity contribution is -0.137. The van der Waals surface area contributed by atoms with Crippen molar-refractivity contribution >= 4 is 38.5 Å². The van der Waals surface area contributed by atoms with Crippen LogP contribution in [0.3, 0.4) is 0 Å². The molecule has 11 heteroatoms. The molecule has 0 aliphatic heterocycles. The maximum absolute atomic E-state index is 13.0. The number of nitrogens with zero attached hydrogens (tertiary/aromatic N) is 2. The van der Waals surface area contributed by atoms with E-state index in [1.165, 1.54) is 13.3 Å². The first kappa shape index (κ1) is 22.3. The summed E-state index contributed by atoms with van der Waals surface area (Å²) in [7, 11) is -2.82. The lowest BCUT2D eigenvalue weighted by Crippen LogP contribution is -2.36. The summed E-state index contributed by atoms with van der Waals surface area (Å²) in [4.78, 5) is 25.0. The fourth-order valence-electron chi connectivity index (χ4n) is 3.07. The molecule has 0 saturated carbocycles. The molecule has 3 rings (SSSR count). The van der Waals surface area contributed by atoms with Crippen molar-refractivity contribution in [1.82, 2.24) is 4.57 Å². The number of halogens is 3. The number of esters is 1. The van der Waals surface area contributed by atoms with Gasteiger partial charge in [0.1, 0.15) is 6.54 Å². The first-order valence-electron chi connectivity index (χ1n) is 8.80. The molecule has 0 atom stereocenters. The molecule has 0 fully saturated rings. The van der Waals surface area contributed by atoms with E-state index in [1.54, 1.807) is 24.3 Å². The van der Waals surface area contributed by atoms with Crippen LogP contribution < -0.4 is 4.31 Å². The zero-order chi connectivity index (χ0) is 23.0. The standard InChI is InChI=1S/C20H17F3N2O5S/c1-30-19(27)16-11-24(17-6-4-3-5-15(16)17)18(26)12-25(31(2,28)29)14-9-7-13(8-10-14)20(21,22)23/h3-11H,12H2,1-2H3. The van der Waals surface area contributed by atoms with Crippen LogP contribution in [0, 0.1) is 0 Å². The first-order chi connectivity index (χ1) is 14.4. The molecule has 0 radical (unpaired) electrons. The van der Waals surface area contributed by atoms with Crippen LogP contribution in [0.2, 0.25) is 0 Å². The van der Waals surface area contributed by atoms with Crippen LogP contribution in [0.15, 0.2) is 54.7 Å². The number of ether oxygens (including phenoxy) is 1. The van der Waals surface area contributed by atoms with Crippen molar-refractivity contribution in [2.24, 2.45) is 0 Å². The summed E-state index contributed by atoms with van der Waals surface area (Å²) in [6, 6.07) is 9.90. The molecule has 1 heterocycles. The van der Waals surface area contributed by atoms with E-state index in [2.05, 4.69) is 0 Å². The second-order valence-electron chi connectivity index (χ2n) is 6.63. The van der Waals surface area contributed by atoms with Gasteiger partial charge in [0.25, 0.3) is 5.91 Å². The molecular weight excluding hydrogens is 437 g/mol. The maximum atomic E-state index is 13.0. The molecule has 3 aromatic rings. The summed E-state index contributed by atoms with van der Waals surface area (Å²) in [5.41, 5.74) is -0.579. The smallest absolute Gasteiger partial charge is 0.416 e. The highest BCUT2D eigenvalue weighted by Gasteiger charge is 2.31. The number of fused-ring (bicyclic) bond motifs is 1. The van der Waals surface area contributed by atoms with Crippen molar-refractivity contribution < 1.29 is 35.9 Å². The first-order valence-corrected chi connectivity index (χ1v) is 10.6. The van der Waals surface area contributed by atoms with Gasteiger partial charge in [0, 0.05) is 11.6 Å². The largest absolute Gasteiger partial charge is 0.465 e. The Morgan fingerprint density at radius 3 is 2.23 bits per heavy atom. The molecule has 0 saturated heterocycles. The van der Waals surface area contributed by atoms with E-state index in [9.17, 15) is 31.2 Å². The van der Waals surface area contributed by atoms with E-state index >= 15 is 0 Å². The van der Waals surface area contributed by atoms with Crippen LogP contribution in [0.4, 0.5) is 18.9 Å². The number of rotatable bonds is 5. The number of benzene rings is 2. The molecule has 7 nitrogen and oxygen atoms in total. The average Bonchev–Trinajstić information content (AvgIpc) is 3.10. The molecule has 0 aliphatic carbocycles. The lowest BCUT2D eigenvalue weighted by atomic mass is 10.2. The van der Waals surface area contributed by atoms with Crippen molar-refractivity contribution in [1.29, 1.82) is 0 Å². The topological polar surface area (TPSA) is 85.7 Å². The van der Waals surface area contributed by atoms with E-state index in [0.717, 1.165) is 35.1 Å². The second-order valence-corrected chi connectivity index (χ2v) is 8.54. The quantitative estimate of drug-likeness (QED) is 0.551. The number of hydrogen-bond acceptors (Lipinski definition) is 5. The van der Waals surface area contributed by atoms with Gasteiger partial charge < -0.3 is 4.74 Å². The summed E-state index contributed by atoms with van der Waals surface area (Å²) < 4.78 is 69.5. The zero-order valence-corrected chi connectivity index (χ0v) is 17.2. The molecule has 1 aromatic heterocycles. The molecule has 0 amide bonds. The Labute approximate surface area is 175 Å². The Bertz CT molecular complexity index is 1250. The molecule has 0 bridgehead atoms. The normalized spacial score (nSPS) is 12.0. The van der Waals surface area contributed by atoms with Gasteiger partial charge in [-0.3, -0.25) is 13.7 Å². The van der Waals surface area contributed by atoms with Gasteiger partial charge in [0.05, 0.1) is 35.7 Å². The summed E-state index contributed by atoms with van der Waals surface area (Å²) in [6.07, 6.45) is -2.50. The number of sulfonamides is 1. The lowest BCUT2D eigenvalue weighted by Gasteiger charge is -2.22. The van der Waals surface area contributed by atoms with Gasteiger partial charge in [0.15, 0.2) is 0 Å². The fourth-order valence-corrected chi connectivity index (χ4v) is 3.92. The van der Waals surface area contributed by atoms with E-state index in [4.69, 9.17) is 4.74 Å². The van der Waals surface area contributed by atoms with Gasteiger partial charge in [-0.2, -0.15) is 13.2 Å². The predicted molar refractivity (Wildman–Crippen MR) is 108 cm³/mol. The Hall–Kier alpha value is -3.34. The summed E-state index contributed by atoms with van der Waals surface area (Å²) in [6.45, 7) is -0.691. The highest BCUT2D eigenvalue weighted by molar-refractivity contribution is 7.92. The van der Waals surface area contributed by atoms with Gasteiger partial charge >= 0.3 is 12.1 Å². The van der Waals surface area contributed by atoms with Crippen molar-refractivity contribution in [2.75, 3.05) is 24.2 Å². The molecule has 31 heavy (non-hydrogen) atoms. The number of aromatic nitrogens is 1. The number of carbonyl (C=O) groups is 2. The van der Waals surface area contributed by atoms with Gasteiger partial charge in [-0.25, -0.2) is 13.2 Å². The van der Waals surface area contributed by atoms with Crippen molar-refractivity contribution in [3.8, 4) is 0 Å². The van der Waals surface area contributed by atoms with E-state index < -0.39 is 40.2 Å². The SMILES string of the molecule is COC(=O)c1cn(C(=O)CN(c2ccc(C(F)(F)F)cc2)S(C)(=O)=O)c2ccccc12. The number of alkyl halides is 3. The third-order valence-corrected chi connectivity index (χ3v) is 5.69. The minimum Gasteiger partial charge on any atom is -0.465 e. The van der Waals surface area contributed by atoms with E-state index in [-0.39, 0.29) is 11.3 Å². The Morgan fingerprint density at radius 1 is 1.06 bits per heavy atom. The highest BCUT2D eigenvalue weighted by Crippen LogP contribution is 2.31. The monoisotopic (exact) mass is 454 g/mol. The third kappa shape index (κ3) is 4.55. The number of methoxy groups -OCH3 is 1. The van der Waals surface area contributed by atoms with Crippen LogP contribution >= 0.6 is 0 Å². The number of anilines is 1. The molecule has 0 N–H and O–H groups in total. The van der Waals surface area contributed by atoms with Gasteiger partial charge in [-0.05, 0) is 30.3 Å². The molecule has 0 aliphatic rings. The van der Waals surface area contributed by atoms with Gasteiger partial charge in [-0.1, -0.05) is 18.2 Å². The minimum absolute atomic E-state index is 0.103. The van der Waals surface area contributed by atoms with Gasteiger partial charge in [0.2, 0.25) is 10.0 Å². The number of para-hydroxylation sites is 1. The number of hydrogen-bond donors (Lipinski definition) is 0.